The fraction of sp³-hybridized carbons (Fsp3) is 0. The van der Waals surface area contributed by atoms with E-state index >= 15 is 0 Å². The summed E-state index contributed by atoms with van der Waals surface area (Å²) in [4.78, 5) is 0. The zero-order valence-electron chi connectivity index (χ0n) is 21.0. The van der Waals surface area contributed by atoms with Crippen LogP contribution in [-0.4, -0.2) is 0 Å². The van der Waals surface area contributed by atoms with Crippen LogP contribution in [0.5, 0.6) is 0 Å². The average Bonchev–Trinajstić information content (AvgIpc) is 3.55. The van der Waals surface area contributed by atoms with E-state index in [9.17, 15) is 0 Å². The molecular formula is C36H23NOS. The Bertz CT molecular complexity index is 2150. The molecule has 0 saturated carbocycles. The van der Waals surface area contributed by atoms with E-state index in [1.165, 1.54) is 42.4 Å². The molecule has 6 aromatic carbocycles. The number of hydrogen-bond acceptors (Lipinski definition) is 3. The molecule has 0 fully saturated rings. The van der Waals surface area contributed by atoms with Gasteiger partial charge in [-0.3, -0.25) is 0 Å². The number of furan rings is 1. The molecule has 0 aliphatic heterocycles. The van der Waals surface area contributed by atoms with E-state index in [4.69, 9.17) is 4.42 Å². The van der Waals surface area contributed by atoms with E-state index in [0.717, 1.165) is 33.3 Å². The van der Waals surface area contributed by atoms with E-state index in [1.54, 1.807) is 0 Å². The van der Waals surface area contributed by atoms with E-state index in [-0.39, 0.29) is 0 Å². The van der Waals surface area contributed by atoms with Crippen molar-refractivity contribution in [3.8, 4) is 22.3 Å². The maximum Gasteiger partial charge on any atom is 0.137 e. The van der Waals surface area contributed by atoms with E-state index in [1.807, 2.05) is 23.5 Å². The first-order valence-electron chi connectivity index (χ1n) is 13.1. The largest absolute Gasteiger partial charge is 0.456 e. The van der Waals surface area contributed by atoms with Crippen LogP contribution in [0.15, 0.2) is 138 Å². The molecule has 39 heavy (non-hydrogen) atoms. The molecule has 1 N–H and O–H groups in total. The van der Waals surface area contributed by atoms with Crippen LogP contribution in [0, 0.1) is 0 Å². The van der Waals surface area contributed by atoms with Crippen LogP contribution in [0.25, 0.3) is 64.4 Å². The highest BCUT2D eigenvalue weighted by molar-refractivity contribution is 7.26. The maximum atomic E-state index is 6.16. The zero-order valence-corrected chi connectivity index (χ0v) is 21.8. The summed E-state index contributed by atoms with van der Waals surface area (Å²) in [6.07, 6.45) is 0. The van der Waals surface area contributed by atoms with Gasteiger partial charge in [-0.15, -0.1) is 11.3 Å². The van der Waals surface area contributed by atoms with Gasteiger partial charge in [0.05, 0.1) is 0 Å². The Morgan fingerprint density at radius 2 is 1.21 bits per heavy atom. The van der Waals surface area contributed by atoms with Crippen LogP contribution in [0.2, 0.25) is 0 Å². The van der Waals surface area contributed by atoms with Crippen molar-refractivity contribution in [1.29, 1.82) is 0 Å². The predicted molar refractivity (Wildman–Crippen MR) is 167 cm³/mol. The van der Waals surface area contributed by atoms with Gasteiger partial charge in [-0.2, -0.15) is 0 Å². The van der Waals surface area contributed by atoms with E-state index < -0.39 is 0 Å². The third kappa shape index (κ3) is 3.79. The van der Waals surface area contributed by atoms with Crippen molar-refractivity contribution in [3.63, 3.8) is 0 Å². The first-order chi connectivity index (χ1) is 19.3. The van der Waals surface area contributed by atoms with Gasteiger partial charge in [-0.1, -0.05) is 84.9 Å². The molecule has 0 aliphatic rings. The highest BCUT2D eigenvalue weighted by Gasteiger charge is 2.13. The van der Waals surface area contributed by atoms with Crippen molar-refractivity contribution >= 4 is 64.8 Å². The lowest BCUT2D eigenvalue weighted by Gasteiger charge is -2.13. The lowest BCUT2D eigenvalue weighted by atomic mass is 9.97. The molecule has 8 rings (SSSR count). The van der Waals surface area contributed by atoms with Crippen LogP contribution in [0.3, 0.4) is 0 Å². The van der Waals surface area contributed by atoms with Crippen molar-refractivity contribution in [1.82, 2.24) is 0 Å². The first-order valence-corrected chi connectivity index (χ1v) is 13.9. The summed E-state index contributed by atoms with van der Waals surface area (Å²) >= 11 is 1.87. The molecule has 0 unspecified atom stereocenters. The average molecular weight is 518 g/mol. The highest BCUT2D eigenvalue weighted by Crippen LogP contribution is 2.42. The topological polar surface area (TPSA) is 25.2 Å². The molecule has 0 saturated heterocycles. The summed E-state index contributed by atoms with van der Waals surface area (Å²) in [5.41, 5.74) is 8.66. The highest BCUT2D eigenvalue weighted by atomic mass is 32.1. The molecule has 0 amide bonds. The summed E-state index contributed by atoms with van der Waals surface area (Å²) < 4.78 is 8.79. The van der Waals surface area contributed by atoms with Gasteiger partial charge in [0.1, 0.15) is 11.2 Å². The first kappa shape index (κ1) is 22.2. The third-order valence-electron chi connectivity index (χ3n) is 7.42. The molecule has 184 valence electrons. The van der Waals surface area contributed by atoms with Gasteiger partial charge >= 0.3 is 0 Å². The Balaban J connectivity index is 1.28. The number of hydrogen-bond donors (Lipinski definition) is 1. The lowest BCUT2D eigenvalue weighted by molar-refractivity contribution is 0.669. The number of rotatable bonds is 4. The van der Waals surface area contributed by atoms with Crippen molar-refractivity contribution in [3.05, 3.63) is 133 Å². The lowest BCUT2D eigenvalue weighted by Crippen LogP contribution is -1.92. The molecule has 8 aromatic rings. The third-order valence-corrected chi connectivity index (χ3v) is 8.64. The van der Waals surface area contributed by atoms with Gasteiger partial charge in [-0.05, 0) is 64.7 Å². The Hall–Kier alpha value is -4.86. The molecule has 0 radical (unpaired) electrons. The van der Waals surface area contributed by atoms with Gasteiger partial charge < -0.3 is 9.73 Å². The normalized spacial score (nSPS) is 11.6. The molecule has 0 spiro atoms. The number of thiophene rings is 1. The quantitative estimate of drug-likeness (QED) is 0.251. The smallest absolute Gasteiger partial charge is 0.137 e. The summed E-state index contributed by atoms with van der Waals surface area (Å²) in [5, 5.41) is 8.58. The van der Waals surface area contributed by atoms with Crippen molar-refractivity contribution in [2.45, 2.75) is 0 Å². The van der Waals surface area contributed by atoms with Gasteiger partial charge in [0, 0.05) is 48.4 Å². The van der Waals surface area contributed by atoms with E-state index in [2.05, 4.69) is 127 Å². The molecule has 0 aliphatic carbocycles. The molecule has 3 heteroatoms. The fourth-order valence-corrected chi connectivity index (χ4v) is 6.84. The Morgan fingerprint density at radius 3 is 2.13 bits per heavy atom. The maximum absolute atomic E-state index is 6.16. The second-order valence-corrected chi connectivity index (χ2v) is 10.9. The SMILES string of the molecule is c1ccc(-c2cc(Nc3ccc4c(c3)oc3ccccc34)cc(-c3cccc4c3sc3ccccc34)c2)cc1. The van der Waals surface area contributed by atoms with Gasteiger partial charge in [-0.25, -0.2) is 0 Å². The zero-order chi connectivity index (χ0) is 25.8. The van der Waals surface area contributed by atoms with E-state index in [0.29, 0.717) is 0 Å². The fourth-order valence-electron chi connectivity index (χ4n) is 5.60. The Morgan fingerprint density at radius 1 is 0.462 bits per heavy atom. The molecule has 2 heterocycles. The van der Waals surface area contributed by atoms with Gasteiger partial charge in [0.15, 0.2) is 0 Å². The number of nitrogens with one attached hydrogen (secondary N) is 1. The molecule has 2 aromatic heterocycles. The van der Waals surface area contributed by atoms with Crippen LogP contribution in [0.4, 0.5) is 11.4 Å². The second-order valence-electron chi connectivity index (χ2n) is 9.88. The summed E-state index contributed by atoms with van der Waals surface area (Å²) in [6.45, 7) is 0. The number of para-hydroxylation sites is 1. The minimum Gasteiger partial charge on any atom is -0.456 e. The minimum absolute atomic E-state index is 0.885. The second kappa shape index (κ2) is 8.87. The van der Waals surface area contributed by atoms with Crippen molar-refractivity contribution < 1.29 is 4.42 Å². The molecule has 0 bridgehead atoms. The van der Waals surface area contributed by atoms with Gasteiger partial charge in [0.25, 0.3) is 0 Å². The van der Waals surface area contributed by atoms with Gasteiger partial charge in [0.2, 0.25) is 0 Å². The van der Waals surface area contributed by atoms with Crippen LogP contribution >= 0.6 is 11.3 Å². The predicted octanol–water partition coefficient (Wildman–Crippen LogP) is 11.0. The van der Waals surface area contributed by atoms with Crippen molar-refractivity contribution in [2.24, 2.45) is 0 Å². The van der Waals surface area contributed by atoms with Crippen LogP contribution < -0.4 is 5.32 Å². The number of anilines is 2. The molecule has 0 atom stereocenters. The van der Waals surface area contributed by atoms with Crippen LogP contribution in [0.1, 0.15) is 0 Å². The number of fused-ring (bicyclic) bond motifs is 6. The summed E-state index contributed by atoms with van der Waals surface area (Å²) in [6, 6.07) is 47.3. The minimum atomic E-state index is 0.885. The molecule has 2 nitrogen and oxygen atoms in total. The number of benzene rings is 6. The summed E-state index contributed by atoms with van der Waals surface area (Å²) in [5.74, 6) is 0. The standard InChI is InChI=1S/C36H23NOS/c1-2-9-23(10-3-1)24-19-25(28-13-8-14-32-31-12-5-7-16-35(31)39-36(28)32)21-27(20-24)37-26-17-18-30-29-11-4-6-15-33(29)38-34(30)22-26/h1-22,37H. The summed E-state index contributed by atoms with van der Waals surface area (Å²) in [7, 11) is 0. The van der Waals surface area contributed by atoms with Crippen molar-refractivity contribution in [2.75, 3.05) is 5.32 Å². The van der Waals surface area contributed by atoms with Crippen LogP contribution in [-0.2, 0) is 0 Å². The Kier molecular flexibility index (Phi) is 5.04. The Labute approximate surface area is 229 Å². The molecular weight excluding hydrogens is 494 g/mol. The monoisotopic (exact) mass is 517 g/mol.